The third kappa shape index (κ3) is 4.11. The quantitative estimate of drug-likeness (QED) is 0.749. The molecule has 0 saturated carbocycles. The number of alkyl halides is 2. The molecule has 0 amide bonds. The molecule has 0 aliphatic rings. The van der Waals surface area contributed by atoms with Crippen molar-refractivity contribution in [1.82, 2.24) is 20.1 Å². The van der Waals surface area contributed by atoms with Crippen LogP contribution in [0, 0.1) is 5.92 Å². The molecule has 0 radical (unpaired) electrons. The van der Waals surface area contributed by atoms with E-state index in [0.29, 0.717) is 24.2 Å². The third-order valence-electron chi connectivity index (χ3n) is 3.04. The van der Waals surface area contributed by atoms with Crippen molar-refractivity contribution in [2.45, 2.75) is 45.8 Å². The fourth-order valence-corrected chi connectivity index (χ4v) is 2.49. The zero-order valence-electron chi connectivity index (χ0n) is 11.3. The Labute approximate surface area is 119 Å². The highest BCUT2D eigenvalue weighted by Crippen LogP contribution is 2.15. The van der Waals surface area contributed by atoms with Gasteiger partial charge in [-0.15, -0.1) is 23.2 Å². The molecule has 0 fully saturated rings. The van der Waals surface area contributed by atoms with Gasteiger partial charge in [-0.3, -0.25) is 0 Å². The van der Waals surface area contributed by atoms with Crippen molar-refractivity contribution in [2.24, 2.45) is 5.92 Å². The average Bonchev–Trinajstić information content (AvgIpc) is 2.78. The van der Waals surface area contributed by atoms with E-state index >= 15 is 0 Å². The third-order valence-corrected chi connectivity index (χ3v) is 4.07. The second-order valence-electron chi connectivity index (χ2n) is 5.01. The van der Waals surface area contributed by atoms with E-state index in [2.05, 4.69) is 36.2 Å². The first-order valence-electron chi connectivity index (χ1n) is 6.30. The largest absolute Gasteiger partial charge is 0.302 e. The van der Waals surface area contributed by atoms with Crippen LogP contribution in [0.1, 0.15) is 33.0 Å². The maximum Gasteiger partial charge on any atom is 0.140 e. The Balaban J connectivity index is 2.65. The predicted molar refractivity (Wildman–Crippen MR) is 76.2 cm³/mol. The van der Waals surface area contributed by atoms with Crippen LogP contribution in [-0.4, -0.2) is 32.1 Å². The molecule has 4 nitrogen and oxygen atoms in total. The number of nitrogens with one attached hydrogen (secondary N) is 1. The molecule has 1 heterocycles. The fraction of sp³-hybridized carbons (Fsp3) is 0.833. The molecule has 1 N–H and O–H groups in total. The standard InChI is InChI=1S/C12H22Cl2N4/c1-4-12(7-13,8-14)16-5-11-15-9-17-18(11)6-10(2)3/h9-10,16H,4-8H2,1-3H3. The summed E-state index contributed by atoms with van der Waals surface area (Å²) in [5, 5.41) is 7.65. The SMILES string of the molecule is CCC(CCl)(CCl)NCc1ncnn1CC(C)C. The average molecular weight is 293 g/mol. The van der Waals surface area contributed by atoms with Crippen LogP contribution in [0.4, 0.5) is 0 Å². The summed E-state index contributed by atoms with van der Waals surface area (Å²) >= 11 is 12.0. The Hall–Kier alpha value is -0.320. The van der Waals surface area contributed by atoms with Crippen molar-refractivity contribution in [2.75, 3.05) is 11.8 Å². The van der Waals surface area contributed by atoms with Gasteiger partial charge in [0.1, 0.15) is 12.2 Å². The summed E-state index contributed by atoms with van der Waals surface area (Å²) in [4.78, 5) is 4.28. The van der Waals surface area contributed by atoms with Gasteiger partial charge in [-0.2, -0.15) is 5.10 Å². The van der Waals surface area contributed by atoms with Crippen LogP contribution in [0.5, 0.6) is 0 Å². The monoisotopic (exact) mass is 292 g/mol. The first kappa shape index (κ1) is 15.7. The van der Waals surface area contributed by atoms with E-state index < -0.39 is 0 Å². The first-order chi connectivity index (χ1) is 8.56. The Kier molecular flexibility index (Phi) is 6.39. The predicted octanol–water partition coefficient (Wildman–Crippen LogP) is 2.65. The molecule has 1 rings (SSSR count). The molecule has 0 unspecified atom stereocenters. The molecule has 18 heavy (non-hydrogen) atoms. The van der Waals surface area contributed by atoms with Crippen LogP contribution in [0.2, 0.25) is 0 Å². The summed E-state index contributed by atoms with van der Waals surface area (Å²) in [5.41, 5.74) is -0.224. The van der Waals surface area contributed by atoms with Crippen molar-refractivity contribution >= 4 is 23.2 Å². The lowest BCUT2D eigenvalue weighted by Crippen LogP contribution is -2.48. The van der Waals surface area contributed by atoms with E-state index in [1.54, 1.807) is 6.33 Å². The van der Waals surface area contributed by atoms with E-state index in [4.69, 9.17) is 23.2 Å². The van der Waals surface area contributed by atoms with Gasteiger partial charge in [0, 0.05) is 23.8 Å². The molecule has 6 heteroatoms. The van der Waals surface area contributed by atoms with Crippen LogP contribution in [-0.2, 0) is 13.1 Å². The molecule has 0 spiro atoms. The number of hydrogen-bond acceptors (Lipinski definition) is 3. The van der Waals surface area contributed by atoms with E-state index in [-0.39, 0.29) is 5.54 Å². The molecule has 104 valence electrons. The van der Waals surface area contributed by atoms with Crippen LogP contribution in [0.15, 0.2) is 6.33 Å². The summed E-state index contributed by atoms with van der Waals surface area (Å²) < 4.78 is 1.93. The molecular formula is C12H22Cl2N4. The first-order valence-corrected chi connectivity index (χ1v) is 7.37. The fourth-order valence-electron chi connectivity index (χ4n) is 1.63. The zero-order valence-corrected chi connectivity index (χ0v) is 12.8. The van der Waals surface area contributed by atoms with E-state index in [1.165, 1.54) is 0 Å². The van der Waals surface area contributed by atoms with Crippen LogP contribution in [0.3, 0.4) is 0 Å². The Morgan fingerprint density at radius 1 is 1.39 bits per heavy atom. The van der Waals surface area contributed by atoms with E-state index in [0.717, 1.165) is 18.8 Å². The van der Waals surface area contributed by atoms with Gasteiger partial charge in [0.15, 0.2) is 0 Å². The minimum absolute atomic E-state index is 0.224. The number of rotatable bonds is 8. The number of hydrogen-bond donors (Lipinski definition) is 1. The number of nitrogens with zero attached hydrogens (tertiary/aromatic N) is 3. The molecule has 0 aliphatic heterocycles. The maximum atomic E-state index is 6.00. The summed E-state index contributed by atoms with van der Waals surface area (Å²) in [6.07, 6.45) is 2.48. The Morgan fingerprint density at radius 3 is 2.56 bits per heavy atom. The van der Waals surface area contributed by atoms with E-state index in [1.807, 2.05) is 4.68 Å². The minimum atomic E-state index is -0.224. The van der Waals surface area contributed by atoms with Gasteiger partial charge < -0.3 is 5.32 Å². The van der Waals surface area contributed by atoms with Crippen LogP contribution in [0.25, 0.3) is 0 Å². The zero-order chi connectivity index (χ0) is 13.6. The molecule has 0 atom stereocenters. The van der Waals surface area contributed by atoms with Gasteiger partial charge in [-0.25, -0.2) is 9.67 Å². The Bertz CT molecular complexity index is 339. The maximum absolute atomic E-state index is 6.00. The second kappa shape index (κ2) is 7.31. The number of aromatic nitrogens is 3. The van der Waals surface area contributed by atoms with Gasteiger partial charge in [-0.05, 0) is 12.3 Å². The number of halogens is 2. The second-order valence-corrected chi connectivity index (χ2v) is 5.54. The topological polar surface area (TPSA) is 42.7 Å². The van der Waals surface area contributed by atoms with Gasteiger partial charge in [0.05, 0.1) is 6.54 Å². The molecule has 1 aromatic rings. The smallest absolute Gasteiger partial charge is 0.140 e. The summed E-state index contributed by atoms with van der Waals surface area (Å²) in [6.45, 7) is 7.91. The summed E-state index contributed by atoms with van der Waals surface area (Å²) in [5.74, 6) is 2.45. The van der Waals surface area contributed by atoms with Gasteiger partial charge >= 0.3 is 0 Å². The molecule has 1 aromatic heterocycles. The molecular weight excluding hydrogens is 271 g/mol. The highest BCUT2D eigenvalue weighted by Gasteiger charge is 2.26. The van der Waals surface area contributed by atoms with E-state index in [9.17, 15) is 0 Å². The minimum Gasteiger partial charge on any atom is -0.302 e. The van der Waals surface area contributed by atoms with Gasteiger partial charge in [0.25, 0.3) is 0 Å². The molecule has 0 bridgehead atoms. The summed E-state index contributed by atoms with van der Waals surface area (Å²) in [6, 6.07) is 0. The summed E-state index contributed by atoms with van der Waals surface area (Å²) in [7, 11) is 0. The van der Waals surface area contributed by atoms with Crippen molar-refractivity contribution in [3.05, 3.63) is 12.2 Å². The van der Waals surface area contributed by atoms with Gasteiger partial charge in [0.2, 0.25) is 0 Å². The highest BCUT2D eigenvalue weighted by molar-refractivity contribution is 6.22. The van der Waals surface area contributed by atoms with Crippen molar-refractivity contribution < 1.29 is 0 Å². The van der Waals surface area contributed by atoms with Crippen LogP contribution >= 0.6 is 23.2 Å². The lowest BCUT2D eigenvalue weighted by Gasteiger charge is -2.29. The van der Waals surface area contributed by atoms with Crippen molar-refractivity contribution in [3.8, 4) is 0 Å². The lowest BCUT2D eigenvalue weighted by atomic mass is 10.0. The molecule has 0 aromatic carbocycles. The van der Waals surface area contributed by atoms with Gasteiger partial charge in [-0.1, -0.05) is 20.8 Å². The lowest BCUT2D eigenvalue weighted by molar-refractivity contribution is 0.367. The van der Waals surface area contributed by atoms with Crippen molar-refractivity contribution in [1.29, 1.82) is 0 Å². The molecule has 0 saturated heterocycles. The molecule has 0 aliphatic carbocycles. The Morgan fingerprint density at radius 2 is 2.06 bits per heavy atom. The highest BCUT2D eigenvalue weighted by atomic mass is 35.5. The van der Waals surface area contributed by atoms with Crippen molar-refractivity contribution in [3.63, 3.8) is 0 Å². The van der Waals surface area contributed by atoms with Crippen LogP contribution < -0.4 is 5.32 Å². The normalized spacial score (nSPS) is 12.3.